The molecule has 0 saturated carbocycles. The molecule has 5 nitrogen and oxygen atoms in total. The van der Waals surface area contributed by atoms with Gasteiger partial charge in [0.1, 0.15) is 17.1 Å². The van der Waals surface area contributed by atoms with Crippen LogP contribution in [0.3, 0.4) is 0 Å². The number of nitrogens with zero attached hydrogens (tertiary/aromatic N) is 1. The molecule has 0 aliphatic rings. The largest absolute Gasteiger partial charge is 0.344 e. The topological polar surface area (TPSA) is 82.0 Å². The standard InChI is InChI=1S/C14H19N3O2S/c1-7(2)12(16-10(5)18)13(19)17-14-11(6-15)8(3)9(4)20-14/h7,12H,1-5H3,(H,16,18)(H,17,19)/t12-/m0/s1. The summed E-state index contributed by atoms with van der Waals surface area (Å²) >= 11 is 1.37. The molecule has 0 aliphatic heterocycles. The molecular formula is C14H19N3O2S. The van der Waals surface area contributed by atoms with Gasteiger partial charge in [0.15, 0.2) is 0 Å². The highest BCUT2D eigenvalue weighted by molar-refractivity contribution is 7.16. The van der Waals surface area contributed by atoms with E-state index in [9.17, 15) is 9.59 Å². The predicted molar refractivity (Wildman–Crippen MR) is 79.6 cm³/mol. The predicted octanol–water partition coefficient (Wildman–Crippen LogP) is 2.34. The summed E-state index contributed by atoms with van der Waals surface area (Å²) in [6.07, 6.45) is 0. The average molecular weight is 293 g/mol. The molecule has 0 fully saturated rings. The van der Waals surface area contributed by atoms with E-state index in [1.54, 1.807) is 0 Å². The van der Waals surface area contributed by atoms with Crippen LogP contribution in [0.4, 0.5) is 5.00 Å². The van der Waals surface area contributed by atoms with E-state index in [0.29, 0.717) is 10.6 Å². The van der Waals surface area contributed by atoms with Crippen LogP contribution < -0.4 is 10.6 Å². The van der Waals surface area contributed by atoms with Crippen molar-refractivity contribution in [3.63, 3.8) is 0 Å². The Kier molecular flexibility index (Phi) is 5.28. The molecule has 0 bridgehead atoms. The molecule has 108 valence electrons. The number of hydrogen-bond acceptors (Lipinski definition) is 4. The zero-order valence-electron chi connectivity index (χ0n) is 12.3. The Hall–Kier alpha value is -1.87. The van der Waals surface area contributed by atoms with E-state index >= 15 is 0 Å². The van der Waals surface area contributed by atoms with Gasteiger partial charge in [-0.25, -0.2) is 0 Å². The Balaban J connectivity index is 2.97. The summed E-state index contributed by atoms with van der Waals surface area (Å²) in [4.78, 5) is 24.4. The molecule has 1 rings (SSSR count). The molecule has 1 atom stereocenters. The van der Waals surface area contributed by atoms with Crippen LogP contribution in [0.15, 0.2) is 0 Å². The summed E-state index contributed by atoms with van der Waals surface area (Å²) < 4.78 is 0. The molecule has 2 amide bonds. The van der Waals surface area contributed by atoms with E-state index in [1.165, 1.54) is 18.3 Å². The van der Waals surface area contributed by atoms with Crippen LogP contribution in [0.25, 0.3) is 0 Å². The second-order valence-corrected chi connectivity index (χ2v) is 6.24. The van der Waals surface area contributed by atoms with Gasteiger partial charge in [0.2, 0.25) is 11.8 Å². The Morgan fingerprint density at radius 2 is 1.90 bits per heavy atom. The molecule has 1 aromatic heterocycles. The SMILES string of the molecule is CC(=O)N[C@H](C(=O)Nc1sc(C)c(C)c1C#N)C(C)C. The van der Waals surface area contributed by atoms with Gasteiger partial charge in [0.25, 0.3) is 0 Å². The number of rotatable bonds is 4. The van der Waals surface area contributed by atoms with Crippen LogP contribution in [-0.4, -0.2) is 17.9 Å². The fourth-order valence-corrected chi connectivity index (χ4v) is 2.81. The first-order valence-corrected chi connectivity index (χ1v) is 7.17. The number of nitriles is 1. The van der Waals surface area contributed by atoms with Crippen molar-refractivity contribution in [1.29, 1.82) is 5.26 Å². The van der Waals surface area contributed by atoms with Gasteiger partial charge in [-0.15, -0.1) is 11.3 Å². The number of amides is 2. The molecule has 1 heterocycles. The van der Waals surface area contributed by atoms with E-state index in [-0.39, 0.29) is 17.7 Å². The minimum Gasteiger partial charge on any atom is -0.344 e. The average Bonchev–Trinajstić information content (AvgIpc) is 2.60. The smallest absolute Gasteiger partial charge is 0.247 e. The molecule has 1 aromatic rings. The molecule has 0 spiro atoms. The van der Waals surface area contributed by atoms with Crippen molar-refractivity contribution in [3.05, 3.63) is 16.0 Å². The van der Waals surface area contributed by atoms with Crippen LogP contribution in [0.1, 0.15) is 36.8 Å². The molecule has 0 aromatic carbocycles. The van der Waals surface area contributed by atoms with Gasteiger partial charge in [0, 0.05) is 11.8 Å². The third kappa shape index (κ3) is 3.58. The van der Waals surface area contributed by atoms with Crippen LogP contribution >= 0.6 is 11.3 Å². The lowest BCUT2D eigenvalue weighted by atomic mass is 10.0. The Bertz CT molecular complexity index is 570. The lowest BCUT2D eigenvalue weighted by molar-refractivity contribution is -0.126. The maximum absolute atomic E-state index is 12.2. The minimum absolute atomic E-state index is 0.0356. The highest BCUT2D eigenvalue weighted by Crippen LogP contribution is 2.31. The van der Waals surface area contributed by atoms with Crippen LogP contribution in [0.5, 0.6) is 0 Å². The monoisotopic (exact) mass is 293 g/mol. The van der Waals surface area contributed by atoms with Crippen molar-refractivity contribution in [2.75, 3.05) is 5.32 Å². The summed E-state index contributed by atoms with van der Waals surface area (Å²) in [6.45, 7) is 8.85. The quantitative estimate of drug-likeness (QED) is 0.894. The molecule has 0 radical (unpaired) electrons. The van der Waals surface area contributed by atoms with Crippen LogP contribution in [-0.2, 0) is 9.59 Å². The molecule has 6 heteroatoms. The van der Waals surface area contributed by atoms with E-state index in [1.807, 2.05) is 27.7 Å². The molecule has 0 aliphatic carbocycles. The van der Waals surface area contributed by atoms with Gasteiger partial charge in [0.05, 0.1) is 5.56 Å². The van der Waals surface area contributed by atoms with Crippen molar-refractivity contribution < 1.29 is 9.59 Å². The fraction of sp³-hybridized carbons (Fsp3) is 0.500. The van der Waals surface area contributed by atoms with Gasteiger partial charge in [-0.2, -0.15) is 5.26 Å². The van der Waals surface area contributed by atoms with Gasteiger partial charge in [-0.05, 0) is 25.3 Å². The first-order valence-electron chi connectivity index (χ1n) is 6.36. The maximum atomic E-state index is 12.2. The lowest BCUT2D eigenvalue weighted by Gasteiger charge is -2.20. The zero-order valence-corrected chi connectivity index (χ0v) is 13.1. The van der Waals surface area contributed by atoms with Crippen LogP contribution in [0, 0.1) is 31.1 Å². The highest BCUT2D eigenvalue weighted by Gasteiger charge is 2.25. The first kappa shape index (κ1) is 16.2. The third-order valence-corrected chi connectivity index (χ3v) is 4.16. The minimum atomic E-state index is -0.609. The molecular weight excluding hydrogens is 274 g/mol. The lowest BCUT2D eigenvalue weighted by Crippen LogP contribution is -2.46. The number of anilines is 1. The zero-order chi connectivity index (χ0) is 15.4. The summed E-state index contributed by atoms with van der Waals surface area (Å²) in [6, 6.07) is 1.50. The number of hydrogen-bond donors (Lipinski definition) is 2. The maximum Gasteiger partial charge on any atom is 0.247 e. The van der Waals surface area contributed by atoms with E-state index in [4.69, 9.17) is 5.26 Å². The Morgan fingerprint density at radius 1 is 1.30 bits per heavy atom. The van der Waals surface area contributed by atoms with Gasteiger partial charge in [-0.1, -0.05) is 13.8 Å². The van der Waals surface area contributed by atoms with E-state index < -0.39 is 6.04 Å². The molecule has 20 heavy (non-hydrogen) atoms. The van der Waals surface area contributed by atoms with Crippen molar-refractivity contribution in [3.8, 4) is 6.07 Å². The van der Waals surface area contributed by atoms with E-state index in [0.717, 1.165) is 10.4 Å². The first-order chi connectivity index (χ1) is 9.27. The van der Waals surface area contributed by atoms with Gasteiger partial charge in [-0.3, -0.25) is 9.59 Å². The summed E-state index contributed by atoms with van der Waals surface area (Å²) in [5, 5.41) is 15.1. The van der Waals surface area contributed by atoms with Crippen molar-refractivity contribution >= 4 is 28.2 Å². The molecule has 0 saturated heterocycles. The van der Waals surface area contributed by atoms with Crippen molar-refractivity contribution in [1.82, 2.24) is 5.32 Å². The Morgan fingerprint density at radius 3 is 2.35 bits per heavy atom. The fourth-order valence-electron chi connectivity index (χ4n) is 1.79. The molecule has 2 N–H and O–H groups in total. The second-order valence-electron chi connectivity index (χ2n) is 5.01. The third-order valence-electron chi connectivity index (χ3n) is 3.04. The van der Waals surface area contributed by atoms with Gasteiger partial charge >= 0.3 is 0 Å². The van der Waals surface area contributed by atoms with Crippen molar-refractivity contribution in [2.24, 2.45) is 5.92 Å². The number of carbonyl (C=O) groups is 2. The number of carbonyl (C=O) groups excluding carboxylic acids is 2. The molecule has 0 unspecified atom stereocenters. The van der Waals surface area contributed by atoms with Crippen molar-refractivity contribution in [2.45, 2.75) is 40.7 Å². The summed E-state index contributed by atoms with van der Waals surface area (Å²) in [5.74, 6) is -0.586. The van der Waals surface area contributed by atoms with Crippen LogP contribution in [0.2, 0.25) is 0 Å². The second kappa shape index (κ2) is 6.53. The summed E-state index contributed by atoms with van der Waals surface area (Å²) in [7, 11) is 0. The number of thiophene rings is 1. The van der Waals surface area contributed by atoms with Gasteiger partial charge < -0.3 is 10.6 Å². The highest BCUT2D eigenvalue weighted by atomic mass is 32.1. The normalized spacial score (nSPS) is 11.8. The van der Waals surface area contributed by atoms with E-state index in [2.05, 4.69) is 16.7 Å². The Labute approximate surface area is 123 Å². The number of nitrogens with one attached hydrogen (secondary N) is 2. The summed E-state index contributed by atoms with van der Waals surface area (Å²) in [5.41, 5.74) is 1.37. The number of aryl methyl sites for hydroxylation is 1.